The predicted octanol–water partition coefficient (Wildman–Crippen LogP) is 4.00. The van der Waals surface area contributed by atoms with E-state index in [4.69, 9.17) is 16.3 Å². The van der Waals surface area contributed by atoms with E-state index in [-0.39, 0.29) is 18.0 Å². The number of carbonyl (C=O) groups excluding carboxylic acids is 2. The Balaban J connectivity index is 1.41. The molecule has 0 aliphatic carbocycles. The molecule has 1 N–H and O–H groups in total. The van der Waals surface area contributed by atoms with Crippen LogP contribution in [0.15, 0.2) is 48.5 Å². The molecule has 2 aromatic carbocycles. The smallest absolute Gasteiger partial charge is 0.318 e. The maximum absolute atomic E-state index is 13.1. The number of nitrogens with zero attached hydrogens (tertiary/aromatic N) is 2. The molecule has 0 saturated carbocycles. The predicted molar refractivity (Wildman–Crippen MR) is 115 cm³/mol. The van der Waals surface area contributed by atoms with Gasteiger partial charge in [0.2, 0.25) is 5.91 Å². The van der Waals surface area contributed by atoms with Crippen molar-refractivity contribution in [2.24, 2.45) is 0 Å². The first kappa shape index (κ1) is 20.5. The Morgan fingerprint density at radius 2 is 1.93 bits per heavy atom. The number of carbonyl (C=O) groups is 2. The molecular formula is C23H26ClN3O3. The second kappa shape index (κ2) is 8.96. The van der Waals surface area contributed by atoms with Crippen LogP contribution in [0.2, 0.25) is 5.02 Å². The van der Waals surface area contributed by atoms with Gasteiger partial charge in [-0.3, -0.25) is 4.79 Å². The molecule has 0 spiro atoms. The minimum atomic E-state index is -0.433. The van der Waals surface area contributed by atoms with Crippen LogP contribution in [0.3, 0.4) is 0 Å². The van der Waals surface area contributed by atoms with Crippen molar-refractivity contribution >= 4 is 23.5 Å². The topological polar surface area (TPSA) is 61.9 Å². The van der Waals surface area contributed by atoms with Crippen molar-refractivity contribution in [3.8, 4) is 5.75 Å². The fraction of sp³-hybridized carbons (Fsp3) is 0.391. The SMILES string of the molecule is CN(Cc1ccc(Cl)cc1)C(=O)[C@H]1CCCN1C(=O)N[C@H]1CCOc2ccccc21. The summed E-state index contributed by atoms with van der Waals surface area (Å²) in [6.07, 6.45) is 2.22. The summed E-state index contributed by atoms with van der Waals surface area (Å²) in [5, 5.41) is 3.79. The van der Waals surface area contributed by atoms with E-state index in [0.717, 1.165) is 23.3 Å². The molecule has 0 radical (unpaired) electrons. The molecule has 3 amide bonds. The lowest BCUT2D eigenvalue weighted by atomic mass is 10.0. The monoisotopic (exact) mass is 427 g/mol. The van der Waals surface area contributed by atoms with Crippen molar-refractivity contribution in [2.45, 2.75) is 37.9 Å². The Morgan fingerprint density at radius 1 is 1.17 bits per heavy atom. The molecule has 1 fully saturated rings. The molecule has 2 heterocycles. The number of hydrogen-bond donors (Lipinski definition) is 1. The molecule has 7 heteroatoms. The van der Waals surface area contributed by atoms with E-state index in [1.807, 2.05) is 48.5 Å². The number of ether oxygens (including phenoxy) is 1. The zero-order valence-corrected chi connectivity index (χ0v) is 17.8. The molecule has 2 aromatic rings. The Labute approximate surface area is 181 Å². The van der Waals surface area contributed by atoms with Crippen molar-refractivity contribution in [1.29, 1.82) is 0 Å². The Bertz CT molecular complexity index is 918. The van der Waals surface area contributed by atoms with Gasteiger partial charge in [0.05, 0.1) is 12.6 Å². The minimum Gasteiger partial charge on any atom is -0.493 e. The summed E-state index contributed by atoms with van der Waals surface area (Å²) < 4.78 is 5.68. The summed E-state index contributed by atoms with van der Waals surface area (Å²) in [5.74, 6) is 0.774. The molecule has 6 nitrogen and oxygen atoms in total. The van der Waals surface area contributed by atoms with Crippen LogP contribution in [-0.2, 0) is 11.3 Å². The van der Waals surface area contributed by atoms with E-state index in [1.54, 1.807) is 16.8 Å². The number of amides is 3. The van der Waals surface area contributed by atoms with Gasteiger partial charge in [0, 0.05) is 37.1 Å². The van der Waals surface area contributed by atoms with E-state index < -0.39 is 6.04 Å². The average molecular weight is 428 g/mol. The number of hydrogen-bond acceptors (Lipinski definition) is 3. The first-order chi connectivity index (χ1) is 14.5. The molecule has 2 aliphatic heterocycles. The van der Waals surface area contributed by atoms with Crippen LogP contribution in [0.4, 0.5) is 4.79 Å². The van der Waals surface area contributed by atoms with Crippen molar-refractivity contribution in [3.05, 3.63) is 64.7 Å². The number of benzene rings is 2. The highest BCUT2D eigenvalue weighted by Crippen LogP contribution is 2.32. The van der Waals surface area contributed by atoms with Crippen LogP contribution in [0, 0.1) is 0 Å². The summed E-state index contributed by atoms with van der Waals surface area (Å²) in [4.78, 5) is 29.5. The molecule has 0 aromatic heterocycles. The highest BCUT2D eigenvalue weighted by Gasteiger charge is 2.37. The fourth-order valence-electron chi connectivity index (χ4n) is 4.19. The van der Waals surface area contributed by atoms with Crippen LogP contribution < -0.4 is 10.1 Å². The van der Waals surface area contributed by atoms with Crippen LogP contribution >= 0.6 is 11.6 Å². The van der Waals surface area contributed by atoms with Gasteiger partial charge in [0.15, 0.2) is 0 Å². The minimum absolute atomic E-state index is 0.0371. The highest BCUT2D eigenvalue weighted by molar-refractivity contribution is 6.30. The Hall–Kier alpha value is -2.73. The molecule has 0 unspecified atom stereocenters. The summed E-state index contributed by atoms with van der Waals surface area (Å²) in [5.41, 5.74) is 1.99. The lowest BCUT2D eigenvalue weighted by Gasteiger charge is -2.31. The number of nitrogens with one attached hydrogen (secondary N) is 1. The second-order valence-electron chi connectivity index (χ2n) is 7.85. The number of likely N-dealkylation sites (N-methyl/N-ethyl adjacent to an activating group) is 1. The number of halogens is 1. The third kappa shape index (κ3) is 4.38. The molecule has 4 rings (SSSR count). The number of rotatable bonds is 4. The summed E-state index contributed by atoms with van der Waals surface area (Å²) in [7, 11) is 1.78. The van der Waals surface area contributed by atoms with Gasteiger partial charge in [-0.2, -0.15) is 0 Å². The molecule has 0 bridgehead atoms. The molecule has 158 valence electrons. The maximum atomic E-state index is 13.1. The van der Waals surface area contributed by atoms with Crippen LogP contribution in [0.25, 0.3) is 0 Å². The molecule has 30 heavy (non-hydrogen) atoms. The van der Waals surface area contributed by atoms with Gasteiger partial charge in [0.25, 0.3) is 0 Å². The normalized spacial score (nSPS) is 20.3. The summed E-state index contributed by atoms with van der Waals surface area (Å²) in [6, 6.07) is 14.5. The zero-order chi connectivity index (χ0) is 21.1. The van der Waals surface area contributed by atoms with Gasteiger partial charge in [-0.15, -0.1) is 0 Å². The fourth-order valence-corrected chi connectivity index (χ4v) is 4.31. The molecule has 2 aliphatic rings. The first-order valence-electron chi connectivity index (χ1n) is 10.3. The zero-order valence-electron chi connectivity index (χ0n) is 17.0. The van der Waals surface area contributed by atoms with Crippen molar-refractivity contribution < 1.29 is 14.3 Å². The highest BCUT2D eigenvalue weighted by atomic mass is 35.5. The standard InChI is InChI=1S/C23H26ClN3O3/c1-26(15-16-8-10-17(24)11-9-16)22(28)20-6-4-13-27(20)23(29)25-19-12-14-30-21-7-3-2-5-18(19)21/h2-3,5,7-11,19-20H,4,6,12-15H2,1H3,(H,25,29)/t19-,20+/m0/s1. The maximum Gasteiger partial charge on any atom is 0.318 e. The van der Waals surface area contributed by atoms with Crippen LogP contribution in [0.1, 0.15) is 36.4 Å². The Morgan fingerprint density at radius 3 is 2.73 bits per heavy atom. The van der Waals surface area contributed by atoms with Crippen molar-refractivity contribution in [2.75, 3.05) is 20.2 Å². The van der Waals surface area contributed by atoms with E-state index in [1.165, 1.54) is 0 Å². The number of urea groups is 1. The van der Waals surface area contributed by atoms with Crippen molar-refractivity contribution in [1.82, 2.24) is 15.1 Å². The van der Waals surface area contributed by atoms with Crippen LogP contribution in [0.5, 0.6) is 5.75 Å². The van der Waals surface area contributed by atoms with E-state index in [2.05, 4.69) is 5.32 Å². The van der Waals surface area contributed by atoms with Gasteiger partial charge >= 0.3 is 6.03 Å². The quantitative estimate of drug-likeness (QED) is 0.802. The van der Waals surface area contributed by atoms with Crippen LogP contribution in [-0.4, -0.2) is 48.0 Å². The molecule has 1 saturated heterocycles. The molecular weight excluding hydrogens is 402 g/mol. The van der Waals surface area contributed by atoms with E-state index in [9.17, 15) is 9.59 Å². The van der Waals surface area contributed by atoms with Gasteiger partial charge in [-0.05, 0) is 36.6 Å². The largest absolute Gasteiger partial charge is 0.493 e. The number of para-hydroxylation sites is 1. The van der Waals surface area contributed by atoms with E-state index in [0.29, 0.717) is 37.6 Å². The molecule has 2 atom stereocenters. The average Bonchev–Trinajstić information content (AvgIpc) is 3.25. The Kier molecular flexibility index (Phi) is 6.13. The number of likely N-dealkylation sites (tertiary alicyclic amines) is 1. The summed E-state index contributed by atoms with van der Waals surface area (Å²) >= 11 is 5.94. The lowest BCUT2D eigenvalue weighted by Crippen LogP contribution is -2.50. The van der Waals surface area contributed by atoms with Gasteiger partial charge in [-0.25, -0.2) is 4.79 Å². The first-order valence-corrected chi connectivity index (χ1v) is 10.7. The lowest BCUT2D eigenvalue weighted by molar-refractivity contribution is -0.134. The van der Waals surface area contributed by atoms with E-state index >= 15 is 0 Å². The van der Waals surface area contributed by atoms with Gasteiger partial charge in [-0.1, -0.05) is 41.9 Å². The van der Waals surface area contributed by atoms with Gasteiger partial charge < -0.3 is 19.9 Å². The number of fused-ring (bicyclic) bond motifs is 1. The van der Waals surface area contributed by atoms with Gasteiger partial charge in [0.1, 0.15) is 11.8 Å². The second-order valence-corrected chi connectivity index (χ2v) is 8.29. The summed E-state index contributed by atoms with van der Waals surface area (Å²) in [6.45, 7) is 1.63. The third-order valence-electron chi connectivity index (χ3n) is 5.76. The van der Waals surface area contributed by atoms with Crippen molar-refractivity contribution in [3.63, 3.8) is 0 Å². The third-order valence-corrected chi connectivity index (χ3v) is 6.02.